The van der Waals surface area contributed by atoms with Crippen molar-refractivity contribution in [2.24, 2.45) is 0 Å². The Hall–Kier alpha value is -2.30. The molecule has 0 radical (unpaired) electrons. The molecule has 0 unspecified atom stereocenters. The fourth-order valence-corrected chi connectivity index (χ4v) is 1.82. The van der Waals surface area contributed by atoms with Crippen LogP contribution in [0.15, 0.2) is 18.2 Å². The van der Waals surface area contributed by atoms with Gasteiger partial charge in [0.2, 0.25) is 11.8 Å². The van der Waals surface area contributed by atoms with Crippen molar-refractivity contribution in [1.29, 1.82) is 0 Å². The molecule has 1 aromatic heterocycles. The minimum atomic E-state index is -0.0299. The van der Waals surface area contributed by atoms with E-state index < -0.39 is 0 Å². The van der Waals surface area contributed by atoms with Gasteiger partial charge in [-0.3, -0.25) is 4.57 Å². The van der Waals surface area contributed by atoms with Gasteiger partial charge in [0.15, 0.2) is 11.5 Å². The van der Waals surface area contributed by atoms with Crippen LogP contribution in [0.4, 0.5) is 0 Å². The third-order valence-electron chi connectivity index (χ3n) is 3.08. The maximum atomic E-state index is 9.99. The Balaban J connectivity index is 2.66. The lowest BCUT2D eigenvalue weighted by Crippen LogP contribution is -1.94. The van der Waals surface area contributed by atoms with Gasteiger partial charge >= 0.3 is 0 Å². The Morgan fingerprint density at radius 3 is 2.06 bits per heavy atom. The van der Waals surface area contributed by atoms with Crippen LogP contribution in [-0.4, -0.2) is 27.0 Å². The van der Waals surface area contributed by atoms with E-state index in [0.29, 0.717) is 16.8 Å². The third-order valence-corrected chi connectivity index (χ3v) is 3.08. The van der Waals surface area contributed by atoms with Crippen LogP contribution in [0.2, 0.25) is 0 Å². The van der Waals surface area contributed by atoms with E-state index in [1.165, 1.54) is 23.8 Å². The molecule has 18 heavy (non-hydrogen) atoms. The first-order valence-electron chi connectivity index (χ1n) is 5.44. The largest absolute Gasteiger partial charge is 0.504 e. The summed E-state index contributed by atoms with van der Waals surface area (Å²) in [5.74, 6) is 0.214. The van der Waals surface area contributed by atoms with Gasteiger partial charge in [-0.15, -0.1) is 0 Å². The molecule has 5 heteroatoms. The summed E-state index contributed by atoms with van der Waals surface area (Å²) in [5, 5.41) is 29.5. The van der Waals surface area contributed by atoms with E-state index in [2.05, 4.69) is 0 Å². The van der Waals surface area contributed by atoms with Crippen LogP contribution in [0, 0.1) is 13.8 Å². The summed E-state index contributed by atoms with van der Waals surface area (Å²) in [5.41, 5.74) is 1.73. The van der Waals surface area contributed by atoms with Crippen LogP contribution in [-0.2, 0) is 0 Å². The van der Waals surface area contributed by atoms with Gasteiger partial charge in [0, 0.05) is 17.2 Å². The quantitative estimate of drug-likeness (QED) is 0.762. The van der Waals surface area contributed by atoms with Crippen molar-refractivity contribution in [3.63, 3.8) is 0 Å². The second kappa shape index (κ2) is 4.18. The second-order valence-corrected chi connectivity index (χ2v) is 4.09. The lowest BCUT2D eigenvalue weighted by Gasteiger charge is -2.10. The highest BCUT2D eigenvalue weighted by molar-refractivity contribution is 5.55. The molecule has 0 amide bonds. The summed E-state index contributed by atoms with van der Waals surface area (Å²) in [7, 11) is 1.44. The number of rotatable bonds is 2. The van der Waals surface area contributed by atoms with Gasteiger partial charge in [0.1, 0.15) is 0 Å². The standard InChI is InChI=1S/C13H15NO4/c1-7-8(2)13(17)14(12(7)16)9-4-5-10(15)11(6-9)18-3/h4-6,15-17H,1-3H3. The highest BCUT2D eigenvalue weighted by atomic mass is 16.5. The van der Waals surface area contributed by atoms with Crippen molar-refractivity contribution >= 4 is 0 Å². The number of phenols is 1. The predicted molar refractivity (Wildman–Crippen MR) is 66.8 cm³/mol. The molecule has 2 aromatic rings. The number of hydrogen-bond acceptors (Lipinski definition) is 4. The molecule has 5 nitrogen and oxygen atoms in total. The van der Waals surface area contributed by atoms with Crippen LogP contribution in [0.1, 0.15) is 11.1 Å². The minimum absolute atomic E-state index is 0.000768. The summed E-state index contributed by atoms with van der Waals surface area (Å²) in [6.07, 6.45) is 0. The van der Waals surface area contributed by atoms with E-state index in [1.54, 1.807) is 19.9 Å². The molecule has 96 valence electrons. The molecule has 0 saturated carbocycles. The molecule has 3 N–H and O–H groups in total. The van der Waals surface area contributed by atoms with Crippen molar-refractivity contribution in [3.8, 4) is 28.9 Å². The lowest BCUT2D eigenvalue weighted by atomic mass is 10.2. The molecule has 0 aliphatic rings. The zero-order chi connectivity index (χ0) is 13.4. The Kier molecular flexibility index (Phi) is 2.82. The van der Waals surface area contributed by atoms with Gasteiger partial charge in [0.05, 0.1) is 12.8 Å². The van der Waals surface area contributed by atoms with E-state index in [-0.39, 0.29) is 23.3 Å². The third kappa shape index (κ3) is 1.64. The van der Waals surface area contributed by atoms with Crippen molar-refractivity contribution in [3.05, 3.63) is 29.3 Å². The average molecular weight is 249 g/mol. The Morgan fingerprint density at radius 1 is 1.00 bits per heavy atom. The smallest absolute Gasteiger partial charge is 0.201 e. The normalized spacial score (nSPS) is 10.6. The summed E-state index contributed by atoms with van der Waals surface area (Å²) in [4.78, 5) is 0. The first-order chi connectivity index (χ1) is 8.47. The van der Waals surface area contributed by atoms with Crippen molar-refractivity contribution < 1.29 is 20.1 Å². The number of methoxy groups -OCH3 is 1. The number of ether oxygens (including phenoxy) is 1. The zero-order valence-electron chi connectivity index (χ0n) is 10.4. The molecule has 0 spiro atoms. The molecule has 0 bridgehead atoms. The minimum Gasteiger partial charge on any atom is -0.504 e. The molecule has 0 atom stereocenters. The van der Waals surface area contributed by atoms with Crippen molar-refractivity contribution in [1.82, 2.24) is 4.57 Å². The van der Waals surface area contributed by atoms with Gasteiger partial charge in [-0.25, -0.2) is 0 Å². The first kappa shape index (κ1) is 12.2. The summed E-state index contributed by atoms with van der Waals surface area (Å²) in [6.45, 7) is 3.44. The van der Waals surface area contributed by atoms with E-state index in [0.717, 1.165) is 0 Å². The monoisotopic (exact) mass is 249 g/mol. The number of aromatic nitrogens is 1. The van der Waals surface area contributed by atoms with Crippen LogP contribution in [0.3, 0.4) is 0 Å². The molecular formula is C13H15NO4. The SMILES string of the molecule is COc1cc(-n2c(O)c(C)c(C)c2O)ccc1O. The van der Waals surface area contributed by atoms with Crippen LogP contribution < -0.4 is 4.74 Å². The molecule has 0 aliphatic carbocycles. The van der Waals surface area contributed by atoms with Crippen molar-refractivity contribution in [2.75, 3.05) is 7.11 Å². The Morgan fingerprint density at radius 2 is 1.56 bits per heavy atom. The van der Waals surface area contributed by atoms with Gasteiger partial charge < -0.3 is 20.1 Å². The van der Waals surface area contributed by atoms with Crippen molar-refractivity contribution in [2.45, 2.75) is 13.8 Å². The number of nitrogens with zero attached hydrogens (tertiary/aromatic N) is 1. The fraction of sp³-hybridized carbons (Fsp3) is 0.231. The van der Waals surface area contributed by atoms with Crippen LogP contribution in [0.25, 0.3) is 5.69 Å². The van der Waals surface area contributed by atoms with Gasteiger partial charge in [-0.1, -0.05) is 0 Å². The zero-order valence-corrected chi connectivity index (χ0v) is 10.4. The lowest BCUT2D eigenvalue weighted by molar-refractivity contribution is 0.371. The highest BCUT2D eigenvalue weighted by Crippen LogP contribution is 2.37. The molecule has 2 rings (SSSR count). The average Bonchev–Trinajstić information content (AvgIpc) is 2.55. The summed E-state index contributed by atoms with van der Waals surface area (Å²) in [6, 6.07) is 4.56. The highest BCUT2D eigenvalue weighted by Gasteiger charge is 2.18. The number of aromatic hydroxyl groups is 3. The maximum Gasteiger partial charge on any atom is 0.201 e. The number of benzene rings is 1. The molecular weight excluding hydrogens is 234 g/mol. The summed E-state index contributed by atoms with van der Waals surface area (Å²) >= 11 is 0. The second-order valence-electron chi connectivity index (χ2n) is 4.09. The Bertz CT molecular complexity index is 576. The first-order valence-corrected chi connectivity index (χ1v) is 5.44. The summed E-state index contributed by atoms with van der Waals surface area (Å²) < 4.78 is 6.30. The van der Waals surface area contributed by atoms with Crippen LogP contribution >= 0.6 is 0 Å². The van der Waals surface area contributed by atoms with Gasteiger partial charge in [0.25, 0.3) is 0 Å². The fourth-order valence-electron chi connectivity index (χ4n) is 1.82. The topological polar surface area (TPSA) is 74.9 Å². The molecule has 0 fully saturated rings. The molecule has 1 heterocycles. The van der Waals surface area contributed by atoms with Gasteiger partial charge in [-0.05, 0) is 26.0 Å². The number of phenolic OH excluding ortho intramolecular Hbond substituents is 1. The molecule has 0 saturated heterocycles. The number of hydrogen-bond donors (Lipinski definition) is 3. The van der Waals surface area contributed by atoms with Crippen LogP contribution in [0.5, 0.6) is 23.3 Å². The Labute approximate surface area is 104 Å². The van der Waals surface area contributed by atoms with E-state index >= 15 is 0 Å². The van der Waals surface area contributed by atoms with E-state index in [9.17, 15) is 15.3 Å². The molecule has 0 aliphatic heterocycles. The van der Waals surface area contributed by atoms with E-state index in [4.69, 9.17) is 4.74 Å². The maximum absolute atomic E-state index is 9.99. The molecule has 1 aromatic carbocycles. The van der Waals surface area contributed by atoms with E-state index in [1.807, 2.05) is 0 Å². The van der Waals surface area contributed by atoms with Gasteiger partial charge in [-0.2, -0.15) is 0 Å². The predicted octanol–water partition coefficient (Wildman–Crippen LogP) is 2.22.